The van der Waals surface area contributed by atoms with Gasteiger partial charge >= 0.3 is 6.18 Å². The van der Waals surface area contributed by atoms with Gasteiger partial charge in [-0.05, 0) is 68.1 Å². The van der Waals surface area contributed by atoms with Crippen LogP contribution in [0.3, 0.4) is 0 Å². The summed E-state index contributed by atoms with van der Waals surface area (Å²) in [6.45, 7) is 2.20. The lowest BCUT2D eigenvalue weighted by atomic mass is 9.46. The molecule has 3 aliphatic rings. The summed E-state index contributed by atoms with van der Waals surface area (Å²) < 4.78 is 45.3. The first-order chi connectivity index (χ1) is 15.5. The molecule has 0 aromatic heterocycles. The average Bonchev–Trinajstić information content (AvgIpc) is 2.82. The molecule has 0 bridgehead atoms. The normalized spacial score (nSPS) is 24.0. The molecule has 0 amide bonds. The molecule has 0 aromatic rings. The summed E-state index contributed by atoms with van der Waals surface area (Å²) in [5, 5.41) is 0. The van der Waals surface area contributed by atoms with Crippen LogP contribution in [-0.2, 0) is 0 Å². The van der Waals surface area contributed by atoms with Crippen molar-refractivity contribution in [3.63, 3.8) is 0 Å². The fourth-order valence-corrected chi connectivity index (χ4v) is 8.49. The van der Waals surface area contributed by atoms with Gasteiger partial charge in [0.25, 0.3) is 0 Å². The molecule has 1 unspecified atom stereocenters. The van der Waals surface area contributed by atoms with E-state index in [1.165, 1.54) is 38.5 Å². The smallest absolute Gasteiger partial charge is 0.171 e. The molecule has 0 heterocycles. The average molecular weight is 457 g/mol. The molecule has 1 atom stereocenters. The highest BCUT2D eigenvalue weighted by molar-refractivity contribution is 5.04. The second-order valence-corrected chi connectivity index (χ2v) is 11.7. The lowest BCUT2D eigenvalue weighted by Crippen LogP contribution is -2.55. The van der Waals surface area contributed by atoms with Crippen molar-refractivity contribution in [2.24, 2.45) is 29.1 Å². The Labute approximate surface area is 196 Å². The van der Waals surface area contributed by atoms with Gasteiger partial charge in [0.15, 0.2) is 0 Å². The van der Waals surface area contributed by atoms with Gasteiger partial charge in [0.1, 0.15) is 0 Å². The van der Waals surface area contributed by atoms with Gasteiger partial charge in [-0.1, -0.05) is 103 Å². The highest BCUT2D eigenvalue weighted by atomic mass is 19.4. The molecule has 0 N–H and O–H groups in total. The van der Waals surface area contributed by atoms with Crippen LogP contribution in [0.25, 0.3) is 0 Å². The van der Waals surface area contributed by atoms with Crippen molar-refractivity contribution < 1.29 is 13.2 Å². The lowest BCUT2D eigenvalue weighted by molar-refractivity contribution is -0.252. The molecule has 3 rings (SSSR count). The molecular weight excluding hydrogens is 405 g/mol. The molecule has 3 heteroatoms. The summed E-state index contributed by atoms with van der Waals surface area (Å²) in [5.74, 6) is -0.118. The topological polar surface area (TPSA) is 0 Å². The molecule has 3 fully saturated rings. The van der Waals surface area contributed by atoms with E-state index in [0.29, 0.717) is 24.2 Å². The molecule has 0 spiro atoms. The van der Waals surface area contributed by atoms with Gasteiger partial charge < -0.3 is 0 Å². The van der Waals surface area contributed by atoms with Crippen molar-refractivity contribution in [1.29, 1.82) is 0 Å². The molecule has 3 saturated carbocycles. The Kier molecular flexibility index (Phi) is 10.7. The van der Waals surface area contributed by atoms with Crippen LogP contribution in [0, 0.1) is 29.1 Å². The minimum absolute atomic E-state index is 0.314. The molecule has 0 radical (unpaired) electrons. The van der Waals surface area contributed by atoms with Crippen LogP contribution in [0.15, 0.2) is 0 Å². The van der Waals surface area contributed by atoms with Gasteiger partial charge in [0, 0.05) is 0 Å². The van der Waals surface area contributed by atoms with Gasteiger partial charge in [-0.15, -0.1) is 0 Å². The third-order valence-corrected chi connectivity index (χ3v) is 9.78. The molecule has 0 aromatic carbocycles. The van der Waals surface area contributed by atoms with Crippen molar-refractivity contribution >= 4 is 0 Å². The minimum atomic E-state index is -4.05. The van der Waals surface area contributed by atoms with Gasteiger partial charge in [-0.25, -0.2) is 0 Å². The van der Waals surface area contributed by atoms with Gasteiger partial charge in [0.2, 0.25) is 0 Å². The van der Waals surface area contributed by atoms with Crippen LogP contribution in [0.4, 0.5) is 13.2 Å². The minimum Gasteiger partial charge on any atom is -0.171 e. The largest absolute Gasteiger partial charge is 0.392 e. The van der Waals surface area contributed by atoms with Crippen LogP contribution >= 0.6 is 0 Å². The van der Waals surface area contributed by atoms with Crippen molar-refractivity contribution in [3.05, 3.63) is 0 Å². The quantitative estimate of drug-likeness (QED) is 0.271. The molecular formula is C29H51F3. The first-order valence-corrected chi connectivity index (χ1v) is 14.6. The first-order valence-electron chi connectivity index (χ1n) is 14.6. The van der Waals surface area contributed by atoms with E-state index in [1.54, 1.807) is 0 Å². The fourth-order valence-electron chi connectivity index (χ4n) is 8.49. The number of hydrogen-bond acceptors (Lipinski definition) is 0. The third-order valence-electron chi connectivity index (χ3n) is 9.78. The van der Waals surface area contributed by atoms with Crippen molar-refractivity contribution in [3.8, 4) is 0 Å². The fraction of sp³-hybridized carbons (Fsp3) is 1.00. The van der Waals surface area contributed by atoms with Crippen molar-refractivity contribution in [2.75, 3.05) is 0 Å². The maximum absolute atomic E-state index is 15.1. The molecule has 188 valence electrons. The van der Waals surface area contributed by atoms with E-state index in [1.807, 2.05) is 0 Å². The summed E-state index contributed by atoms with van der Waals surface area (Å²) in [4.78, 5) is 0. The number of rotatable bonds is 11. The van der Waals surface area contributed by atoms with E-state index >= 15 is 13.2 Å². The summed E-state index contributed by atoms with van der Waals surface area (Å²) in [6, 6.07) is 0. The van der Waals surface area contributed by atoms with E-state index in [2.05, 4.69) is 6.92 Å². The summed E-state index contributed by atoms with van der Waals surface area (Å²) in [6.07, 6.45) is 19.9. The predicted molar refractivity (Wildman–Crippen MR) is 130 cm³/mol. The van der Waals surface area contributed by atoms with Crippen LogP contribution < -0.4 is 0 Å². The Hall–Kier alpha value is -0.210. The van der Waals surface area contributed by atoms with Crippen LogP contribution in [0.5, 0.6) is 0 Å². The van der Waals surface area contributed by atoms with E-state index in [4.69, 9.17) is 0 Å². The predicted octanol–water partition coefficient (Wildman–Crippen LogP) is 10.6. The zero-order valence-electron chi connectivity index (χ0n) is 21.0. The molecule has 0 aliphatic heterocycles. The Morgan fingerprint density at radius 3 is 1.31 bits per heavy atom. The number of halogens is 3. The van der Waals surface area contributed by atoms with Gasteiger partial charge in [0.05, 0.1) is 5.92 Å². The highest BCUT2D eigenvalue weighted by Crippen LogP contribution is 2.64. The van der Waals surface area contributed by atoms with Crippen LogP contribution in [0.1, 0.15) is 148 Å². The first kappa shape index (κ1) is 26.4. The lowest BCUT2D eigenvalue weighted by Gasteiger charge is -2.59. The summed E-state index contributed by atoms with van der Waals surface area (Å²) in [7, 11) is 0. The van der Waals surface area contributed by atoms with E-state index < -0.39 is 17.5 Å². The SMILES string of the molecule is CCCCCCCCC(C(F)(F)F)C(C1CCCCC1)(C1CCCCC1)C1CCCCC1. The summed E-state index contributed by atoms with van der Waals surface area (Å²) >= 11 is 0. The Morgan fingerprint density at radius 1 is 0.562 bits per heavy atom. The zero-order valence-corrected chi connectivity index (χ0v) is 21.0. The second-order valence-electron chi connectivity index (χ2n) is 11.7. The summed E-state index contributed by atoms with van der Waals surface area (Å²) in [5.41, 5.74) is -0.469. The Bertz CT molecular complexity index is 447. The van der Waals surface area contributed by atoms with Gasteiger partial charge in [-0.3, -0.25) is 0 Å². The zero-order chi connectivity index (χ0) is 22.9. The van der Waals surface area contributed by atoms with E-state index in [9.17, 15) is 0 Å². The standard InChI is InChI=1S/C29H51F3/c1-2-3-4-5-6-16-23-27(29(30,31)32)28(24-17-10-7-11-18-24,25-19-12-8-13-20-25)26-21-14-9-15-22-26/h24-27H,2-23H2,1H3. The highest BCUT2D eigenvalue weighted by Gasteiger charge is 2.61. The van der Waals surface area contributed by atoms with Crippen molar-refractivity contribution in [2.45, 2.75) is 154 Å². The maximum Gasteiger partial charge on any atom is 0.392 e. The van der Waals surface area contributed by atoms with Gasteiger partial charge in [-0.2, -0.15) is 13.2 Å². The number of alkyl halides is 3. The Morgan fingerprint density at radius 2 is 0.938 bits per heavy atom. The molecule has 0 saturated heterocycles. The van der Waals surface area contributed by atoms with E-state index in [-0.39, 0.29) is 0 Å². The van der Waals surface area contributed by atoms with Crippen LogP contribution in [0.2, 0.25) is 0 Å². The number of unbranched alkanes of at least 4 members (excludes halogenated alkanes) is 5. The third kappa shape index (κ3) is 6.47. The second kappa shape index (κ2) is 13.0. The van der Waals surface area contributed by atoms with E-state index in [0.717, 1.165) is 96.3 Å². The van der Waals surface area contributed by atoms with Crippen molar-refractivity contribution in [1.82, 2.24) is 0 Å². The number of hydrogen-bond donors (Lipinski definition) is 0. The molecule has 0 nitrogen and oxygen atoms in total. The molecule has 3 aliphatic carbocycles. The van der Waals surface area contributed by atoms with Crippen LogP contribution in [-0.4, -0.2) is 6.18 Å². The maximum atomic E-state index is 15.1. The monoisotopic (exact) mass is 456 g/mol. The molecule has 32 heavy (non-hydrogen) atoms. The Balaban J connectivity index is 1.93.